The second-order valence-corrected chi connectivity index (χ2v) is 18.2. The molecule has 0 bridgehead atoms. The maximum absolute atomic E-state index is 14.3. The van der Waals surface area contributed by atoms with Crippen molar-refractivity contribution in [1.82, 2.24) is 10.2 Å². The number of amides is 1. The summed E-state index contributed by atoms with van der Waals surface area (Å²) >= 11 is 0. The van der Waals surface area contributed by atoms with Crippen molar-refractivity contribution in [3.05, 3.63) is 53.6 Å². The molecule has 0 spiro atoms. The van der Waals surface area contributed by atoms with E-state index in [4.69, 9.17) is 5.11 Å². The van der Waals surface area contributed by atoms with Crippen LogP contribution < -0.4 is 5.32 Å². The van der Waals surface area contributed by atoms with Gasteiger partial charge in [0.15, 0.2) is 0 Å². The molecule has 3 N–H and O–H groups in total. The van der Waals surface area contributed by atoms with E-state index in [1.807, 2.05) is 12.1 Å². The van der Waals surface area contributed by atoms with Gasteiger partial charge in [0.05, 0.1) is 17.5 Å². The summed E-state index contributed by atoms with van der Waals surface area (Å²) < 4.78 is 0. The molecule has 0 radical (unpaired) electrons. The molecule has 1 aromatic carbocycles. The van der Waals surface area contributed by atoms with Crippen LogP contribution in [0.2, 0.25) is 0 Å². The van der Waals surface area contributed by atoms with Crippen molar-refractivity contribution in [1.29, 1.82) is 0 Å². The maximum atomic E-state index is 14.3. The molecule has 4 saturated carbocycles. The van der Waals surface area contributed by atoms with E-state index in [0.29, 0.717) is 42.3 Å². The number of carbonyl (C=O) groups excluding carboxylic acids is 1. The number of carboxylic acid groups (broad SMARTS) is 2. The number of nitrogens with zero attached hydrogens (tertiary/aromatic N) is 1. The summed E-state index contributed by atoms with van der Waals surface area (Å²) in [5, 5.41) is 21.9. The zero-order valence-corrected chi connectivity index (χ0v) is 31.0. The minimum atomic E-state index is -0.889. The van der Waals surface area contributed by atoms with Gasteiger partial charge in [-0.15, -0.1) is 0 Å². The predicted octanol–water partition coefficient (Wildman–Crippen LogP) is 8.17. The van der Waals surface area contributed by atoms with Crippen molar-refractivity contribution in [2.45, 2.75) is 99.3 Å². The van der Waals surface area contributed by atoms with Gasteiger partial charge >= 0.3 is 11.9 Å². The van der Waals surface area contributed by atoms with Gasteiger partial charge in [0.1, 0.15) is 0 Å². The average molecular weight is 673 g/mol. The number of hydrogen-bond donors (Lipinski definition) is 3. The molecule has 0 saturated heterocycles. The second-order valence-electron chi connectivity index (χ2n) is 18.2. The van der Waals surface area contributed by atoms with Crippen molar-refractivity contribution >= 4 is 23.4 Å². The molecular weight excluding hydrogens is 612 g/mol. The highest BCUT2D eigenvalue weighted by Gasteiger charge is 2.71. The topological polar surface area (TPSA) is 107 Å². The molecule has 5 aliphatic carbocycles. The number of hydrogen-bond acceptors (Lipinski definition) is 4. The number of likely N-dealkylation sites (N-methyl/N-ethyl adjacent to an activating group) is 1. The van der Waals surface area contributed by atoms with Crippen LogP contribution in [0, 0.1) is 56.7 Å². The van der Waals surface area contributed by atoms with Crippen LogP contribution >= 0.6 is 0 Å². The Kier molecular flexibility index (Phi) is 9.07. The smallest absolute Gasteiger partial charge is 0.335 e. The summed E-state index contributed by atoms with van der Waals surface area (Å²) in [6, 6.07) is 7.48. The van der Waals surface area contributed by atoms with Crippen LogP contribution in [0.5, 0.6) is 0 Å². The number of carbonyl (C=O) groups is 3. The van der Waals surface area contributed by atoms with Crippen LogP contribution in [-0.4, -0.2) is 59.6 Å². The Hall–Kier alpha value is -2.93. The number of benzene rings is 1. The second kappa shape index (κ2) is 12.4. The number of aromatic carboxylic acids is 1. The molecule has 7 nitrogen and oxygen atoms in total. The van der Waals surface area contributed by atoms with Gasteiger partial charge in [-0.1, -0.05) is 65.0 Å². The number of allylic oxidation sites excluding steroid dienone is 3. The normalized spacial score (nSPS) is 39.1. The lowest BCUT2D eigenvalue weighted by molar-refractivity contribution is -0.225. The van der Waals surface area contributed by atoms with Crippen molar-refractivity contribution in [2.75, 3.05) is 26.7 Å². The lowest BCUT2D eigenvalue weighted by atomic mass is 9.32. The third-order valence-electron chi connectivity index (χ3n) is 15.7. The van der Waals surface area contributed by atoms with Crippen LogP contribution in [0.25, 0.3) is 5.57 Å². The minimum Gasteiger partial charge on any atom is -0.480 e. The zero-order chi connectivity index (χ0) is 35.7. The molecular formula is C42H60N2O5. The number of rotatable bonds is 9. The van der Waals surface area contributed by atoms with E-state index in [2.05, 4.69) is 59.5 Å². The first-order chi connectivity index (χ1) is 22.9. The largest absolute Gasteiger partial charge is 0.480 e. The summed E-state index contributed by atoms with van der Waals surface area (Å²) in [6.45, 7) is 20.3. The van der Waals surface area contributed by atoms with Crippen LogP contribution in [0.1, 0.15) is 115 Å². The first kappa shape index (κ1) is 35.9. The van der Waals surface area contributed by atoms with Gasteiger partial charge in [0.2, 0.25) is 5.91 Å². The number of aliphatic carboxylic acids is 1. The van der Waals surface area contributed by atoms with Gasteiger partial charge in [-0.2, -0.15) is 0 Å². The molecule has 0 aromatic heterocycles. The quantitative estimate of drug-likeness (QED) is 0.229. The third kappa shape index (κ3) is 5.43. The molecule has 5 aliphatic rings. The molecule has 6 rings (SSSR count). The SMILES string of the molecule is C=C(C)[C@@H]1CC[C@]2(C(=O)NCCN(C)CC(=O)O)CC[C@]3(C)[C@H](CC[C@@H]4[C@@]5(C)CC=C(c6ccc(C(=O)O)cc6)C(C)(C)[C@@H]5CC[C@]43C)[C@@H]12. The Labute approximate surface area is 294 Å². The lowest BCUT2D eigenvalue weighted by Crippen LogP contribution is -2.66. The lowest BCUT2D eigenvalue weighted by Gasteiger charge is -2.72. The van der Waals surface area contributed by atoms with Crippen LogP contribution in [0.3, 0.4) is 0 Å². The Morgan fingerprint density at radius 1 is 0.898 bits per heavy atom. The van der Waals surface area contributed by atoms with Crippen molar-refractivity contribution in [3.63, 3.8) is 0 Å². The zero-order valence-electron chi connectivity index (χ0n) is 31.0. The summed E-state index contributed by atoms with van der Waals surface area (Å²) in [4.78, 5) is 38.8. The molecule has 7 heteroatoms. The molecule has 4 fully saturated rings. The summed E-state index contributed by atoms with van der Waals surface area (Å²) in [5.74, 6) is 0.644. The van der Waals surface area contributed by atoms with E-state index >= 15 is 0 Å². The van der Waals surface area contributed by atoms with E-state index in [9.17, 15) is 19.5 Å². The molecule has 0 heterocycles. The fourth-order valence-electron chi connectivity index (χ4n) is 13.3. The molecule has 1 aromatic rings. The maximum Gasteiger partial charge on any atom is 0.335 e. The van der Waals surface area contributed by atoms with Gasteiger partial charge in [-0.25, -0.2) is 4.79 Å². The van der Waals surface area contributed by atoms with Crippen molar-refractivity contribution in [2.24, 2.45) is 56.7 Å². The third-order valence-corrected chi connectivity index (χ3v) is 15.7. The van der Waals surface area contributed by atoms with Gasteiger partial charge in [-0.05, 0) is 146 Å². The Bertz CT molecular complexity index is 1550. The fraction of sp³-hybridized carbons (Fsp3) is 0.690. The Morgan fingerprint density at radius 2 is 1.59 bits per heavy atom. The summed E-state index contributed by atoms with van der Waals surface area (Å²) in [6.07, 6.45) is 12.1. The number of nitrogens with one attached hydrogen (secondary N) is 1. The van der Waals surface area contributed by atoms with Gasteiger partial charge < -0.3 is 15.5 Å². The molecule has 49 heavy (non-hydrogen) atoms. The van der Waals surface area contributed by atoms with Gasteiger partial charge in [-0.3, -0.25) is 14.5 Å². The van der Waals surface area contributed by atoms with E-state index < -0.39 is 11.9 Å². The van der Waals surface area contributed by atoms with Crippen LogP contribution in [0.15, 0.2) is 42.5 Å². The fourth-order valence-corrected chi connectivity index (χ4v) is 13.3. The number of carboxylic acids is 2. The van der Waals surface area contributed by atoms with Crippen LogP contribution in [-0.2, 0) is 9.59 Å². The predicted molar refractivity (Wildman–Crippen MR) is 194 cm³/mol. The van der Waals surface area contributed by atoms with E-state index in [-0.39, 0.29) is 45.4 Å². The van der Waals surface area contributed by atoms with Gasteiger partial charge in [0.25, 0.3) is 0 Å². The molecule has 0 unspecified atom stereocenters. The number of fused-ring (bicyclic) bond motifs is 7. The van der Waals surface area contributed by atoms with E-state index in [1.54, 1.807) is 24.1 Å². The summed E-state index contributed by atoms with van der Waals surface area (Å²) in [7, 11) is 1.79. The van der Waals surface area contributed by atoms with Crippen LogP contribution in [0.4, 0.5) is 0 Å². The average Bonchev–Trinajstić information content (AvgIpc) is 3.42. The van der Waals surface area contributed by atoms with E-state index in [1.165, 1.54) is 30.4 Å². The highest BCUT2D eigenvalue weighted by atomic mass is 16.4. The molecule has 1 amide bonds. The van der Waals surface area contributed by atoms with Crippen molar-refractivity contribution < 1.29 is 24.6 Å². The first-order valence-corrected chi connectivity index (χ1v) is 18.8. The Morgan fingerprint density at radius 3 is 2.22 bits per heavy atom. The summed E-state index contributed by atoms with van der Waals surface area (Å²) in [5.41, 5.74) is 4.07. The highest BCUT2D eigenvalue weighted by Crippen LogP contribution is 2.77. The molecule has 268 valence electrons. The minimum absolute atomic E-state index is 0.0322. The Balaban J connectivity index is 1.29. The standard InChI is InChI=1S/C42H60N2O5/c1-26(2)29-15-20-42(37(49)43-23-24-44(8)25-34(45)46)22-21-40(6)31(35(29)42)13-14-33-39(5)18-16-30(27-9-11-28(12-10-27)36(47)48)38(3,4)32(39)17-19-41(33,40)7/h9-12,16,29,31-33,35H,1,13-15,17-25H2,2-8H3,(H,43,49)(H,45,46)(H,47,48)/t29-,31+,32-,33+,35+,39-,40+,41+,42-/m0/s1. The monoisotopic (exact) mass is 672 g/mol. The van der Waals surface area contributed by atoms with Gasteiger partial charge in [0, 0.05) is 13.1 Å². The molecule has 0 aliphatic heterocycles. The van der Waals surface area contributed by atoms with E-state index in [0.717, 1.165) is 44.1 Å². The molecule has 9 atom stereocenters. The highest BCUT2D eigenvalue weighted by molar-refractivity contribution is 5.88. The first-order valence-electron chi connectivity index (χ1n) is 18.8. The van der Waals surface area contributed by atoms with Crippen molar-refractivity contribution in [3.8, 4) is 0 Å².